The van der Waals surface area contributed by atoms with Crippen LogP contribution in [0.1, 0.15) is 67.7 Å². The van der Waals surface area contributed by atoms with E-state index < -0.39 is 0 Å². The summed E-state index contributed by atoms with van der Waals surface area (Å²) >= 11 is 0. The summed E-state index contributed by atoms with van der Waals surface area (Å²) in [4.78, 5) is 17.4. The third-order valence-electron chi connectivity index (χ3n) is 5.74. The molecular weight excluding hydrogens is 362 g/mol. The van der Waals surface area contributed by atoms with Gasteiger partial charge in [-0.2, -0.15) is 10.4 Å². The minimum Gasteiger partial charge on any atom is -0.369 e. The van der Waals surface area contributed by atoms with Gasteiger partial charge in [0.1, 0.15) is 6.07 Å². The summed E-state index contributed by atoms with van der Waals surface area (Å²) in [6.07, 6.45) is 3.25. The second-order valence-corrected chi connectivity index (χ2v) is 9.07. The second-order valence-electron chi connectivity index (χ2n) is 9.07. The van der Waals surface area contributed by atoms with E-state index >= 15 is 0 Å². The molecule has 1 saturated heterocycles. The fourth-order valence-corrected chi connectivity index (χ4v) is 4.07. The van der Waals surface area contributed by atoms with Gasteiger partial charge >= 0.3 is 0 Å². The maximum atomic E-state index is 13.2. The van der Waals surface area contributed by atoms with Crippen LogP contribution < -0.4 is 4.90 Å². The molecule has 1 saturated carbocycles. The average molecular weight is 392 g/mol. The monoisotopic (exact) mass is 391 g/mol. The third kappa shape index (κ3) is 4.00. The van der Waals surface area contributed by atoms with Gasteiger partial charge in [0.05, 0.1) is 16.8 Å². The minimum atomic E-state index is -0.132. The first-order valence-corrected chi connectivity index (χ1v) is 10.5. The molecule has 1 aromatic heterocycles. The maximum Gasteiger partial charge on any atom is 0.274 e. The van der Waals surface area contributed by atoms with Gasteiger partial charge in [-0.3, -0.25) is 9.48 Å². The van der Waals surface area contributed by atoms with Gasteiger partial charge in [-0.15, -0.1) is 0 Å². The van der Waals surface area contributed by atoms with E-state index in [-0.39, 0.29) is 11.4 Å². The van der Waals surface area contributed by atoms with Crippen molar-refractivity contribution in [1.82, 2.24) is 14.7 Å². The van der Waals surface area contributed by atoms with Crippen molar-refractivity contribution in [3.8, 4) is 6.07 Å². The molecule has 152 valence electrons. The van der Waals surface area contributed by atoms with Crippen molar-refractivity contribution in [2.45, 2.75) is 51.5 Å². The molecule has 0 bridgehead atoms. The van der Waals surface area contributed by atoms with Crippen molar-refractivity contribution in [2.75, 3.05) is 31.1 Å². The molecule has 4 rings (SSSR count). The molecule has 1 amide bonds. The normalized spacial score (nSPS) is 17.7. The van der Waals surface area contributed by atoms with Crippen molar-refractivity contribution in [1.29, 1.82) is 5.26 Å². The van der Waals surface area contributed by atoms with Gasteiger partial charge in [0, 0.05) is 37.8 Å². The van der Waals surface area contributed by atoms with E-state index in [0.29, 0.717) is 30.3 Å². The number of anilines is 1. The van der Waals surface area contributed by atoms with Crippen LogP contribution in [0.4, 0.5) is 5.69 Å². The summed E-state index contributed by atoms with van der Waals surface area (Å²) in [7, 11) is 0. The van der Waals surface area contributed by atoms with Gasteiger partial charge in [0.25, 0.3) is 5.91 Å². The van der Waals surface area contributed by atoms with E-state index in [1.165, 1.54) is 18.5 Å². The summed E-state index contributed by atoms with van der Waals surface area (Å²) in [6, 6.07) is 12.0. The molecule has 0 unspecified atom stereocenters. The number of para-hydroxylation sites is 1. The third-order valence-corrected chi connectivity index (χ3v) is 5.74. The van der Waals surface area contributed by atoms with Crippen LogP contribution in [0.3, 0.4) is 0 Å². The first kappa shape index (κ1) is 19.5. The number of aromatic nitrogens is 2. The van der Waals surface area contributed by atoms with Gasteiger partial charge in [-0.05, 0) is 58.2 Å². The lowest BCUT2D eigenvalue weighted by molar-refractivity contribution is 0.0759. The van der Waals surface area contributed by atoms with Gasteiger partial charge in [-0.25, -0.2) is 0 Å². The van der Waals surface area contributed by atoms with E-state index in [1.54, 1.807) is 0 Å². The Morgan fingerprint density at radius 3 is 2.59 bits per heavy atom. The first-order valence-electron chi connectivity index (χ1n) is 10.5. The van der Waals surface area contributed by atoms with Gasteiger partial charge in [-0.1, -0.05) is 12.1 Å². The Bertz CT molecular complexity index is 945. The van der Waals surface area contributed by atoms with Crippen LogP contribution in [-0.2, 0) is 5.54 Å². The topological polar surface area (TPSA) is 65.2 Å². The standard InChI is InChI=1S/C23H29N5O/c1-23(2,3)28-21(17-9-10-17)15-19(25-28)22(29)27-12-6-11-26(13-14-27)20-8-5-4-7-18(20)16-24/h4-5,7-8,15,17H,6,9-14H2,1-3H3. The zero-order valence-electron chi connectivity index (χ0n) is 17.6. The summed E-state index contributed by atoms with van der Waals surface area (Å²) in [5, 5.41) is 14.1. The minimum absolute atomic E-state index is 0.0188. The first-order chi connectivity index (χ1) is 13.9. The van der Waals surface area contributed by atoms with Crippen molar-refractivity contribution in [2.24, 2.45) is 0 Å². The number of hydrogen-bond acceptors (Lipinski definition) is 4. The Labute approximate surface area is 172 Å². The average Bonchev–Trinajstić information content (AvgIpc) is 3.49. The summed E-state index contributed by atoms with van der Waals surface area (Å²) in [5.74, 6) is 0.565. The molecule has 2 fully saturated rings. The van der Waals surface area contributed by atoms with E-state index in [2.05, 4.69) is 31.7 Å². The molecular formula is C23H29N5O. The predicted molar refractivity (Wildman–Crippen MR) is 113 cm³/mol. The predicted octanol–water partition coefficient (Wildman–Crippen LogP) is 3.74. The molecule has 0 spiro atoms. The van der Waals surface area contributed by atoms with E-state index in [1.807, 2.05) is 39.9 Å². The molecule has 2 aliphatic rings. The van der Waals surface area contributed by atoms with Crippen molar-refractivity contribution < 1.29 is 4.79 Å². The molecule has 0 atom stereocenters. The molecule has 6 nitrogen and oxygen atoms in total. The Morgan fingerprint density at radius 2 is 1.90 bits per heavy atom. The van der Waals surface area contributed by atoms with Crippen LogP contribution in [-0.4, -0.2) is 46.8 Å². The SMILES string of the molecule is CC(C)(C)n1nc(C(=O)N2CCCN(c3ccccc3C#N)CC2)cc1C1CC1. The molecule has 1 aliphatic carbocycles. The Balaban J connectivity index is 1.51. The number of amides is 1. The molecule has 2 heterocycles. The highest BCUT2D eigenvalue weighted by Gasteiger charge is 2.33. The van der Waals surface area contributed by atoms with E-state index in [4.69, 9.17) is 5.10 Å². The molecule has 0 radical (unpaired) electrons. The quantitative estimate of drug-likeness (QED) is 0.799. The van der Waals surface area contributed by atoms with Crippen LogP contribution >= 0.6 is 0 Å². The van der Waals surface area contributed by atoms with E-state index in [9.17, 15) is 10.1 Å². The van der Waals surface area contributed by atoms with Crippen LogP contribution in [0.15, 0.2) is 30.3 Å². The summed E-state index contributed by atoms with van der Waals surface area (Å²) < 4.78 is 2.05. The number of rotatable bonds is 3. The van der Waals surface area contributed by atoms with Crippen molar-refractivity contribution in [3.05, 3.63) is 47.3 Å². The Kier molecular flexibility index (Phi) is 5.08. The van der Waals surface area contributed by atoms with Crippen LogP contribution in [0.2, 0.25) is 0 Å². The molecule has 1 aliphatic heterocycles. The fourth-order valence-electron chi connectivity index (χ4n) is 4.07. The Hall–Kier alpha value is -2.81. The van der Waals surface area contributed by atoms with Crippen molar-refractivity contribution in [3.63, 3.8) is 0 Å². The van der Waals surface area contributed by atoms with Crippen LogP contribution in [0, 0.1) is 11.3 Å². The molecule has 2 aromatic rings. The Morgan fingerprint density at radius 1 is 1.14 bits per heavy atom. The lowest BCUT2D eigenvalue weighted by Crippen LogP contribution is -2.36. The molecule has 29 heavy (non-hydrogen) atoms. The largest absolute Gasteiger partial charge is 0.369 e. The fraction of sp³-hybridized carbons (Fsp3) is 0.522. The second kappa shape index (κ2) is 7.55. The number of nitrogens with zero attached hydrogens (tertiary/aromatic N) is 5. The zero-order chi connectivity index (χ0) is 20.6. The maximum absolute atomic E-state index is 13.2. The highest BCUT2D eigenvalue weighted by Crippen LogP contribution is 2.41. The molecule has 1 aromatic carbocycles. The number of carbonyl (C=O) groups is 1. The van der Waals surface area contributed by atoms with E-state index in [0.717, 1.165) is 25.2 Å². The van der Waals surface area contributed by atoms with Gasteiger partial charge in [0.15, 0.2) is 5.69 Å². The summed E-state index contributed by atoms with van der Waals surface area (Å²) in [5.41, 5.74) is 3.27. The molecule has 6 heteroatoms. The number of carbonyl (C=O) groups excluding carboxylic acids is 1. The lowest BCUT2D eigenvalue weighted by atomic mass is 10.1. The highest BCUT2D eigenvalue weighted by molar-refractivity contribution is 5.92. The number of hydrogen-bond donors (Lipinski definition) is 0. The van der Waals surface area contributed by atoms with Crippen LogP contribution in [0.5, 0.6) is 0 Å². The lowest BCUT2D eigenvalue weighted by Gasteiger charge is -2.24. The highest BCUT2D eigenvalue weighted by atomic mass is 16.2. The van der Waals surface area contributed by atoms with Gasteiger partial charge in [0.2, 0.25) is 0 Å². The number of benzene rings is 1. The summed E-state index contributed by atoms with van der Waals surface area (Å²) in [6.45, 7) is 9.32. The molecule has 0 N–H and O–H groups in total. The van der Waals surface area contributed by atoms with Gasteiger partial charge < -0.3 is 9.80 Å². The zero-order valence-corrected chi connectivity index (χ0v) is 17.6. The smallest absolute Gasteiger partial charge is 0.274 e. The van der Waals surface area contributed by atoms with Crippen molar-refractivity contribution >= 4 is 11.6 Å². The van der Waals surface area contributed by atoms with Crippen LogP contribution in [0.25, 0.3) is 0 Å². The number of nitriles is 1.